The molecular formula is C6H11NO2. The first-order valence-corrected chi connectivity index (χ1v) is 2.78. The highest BCUT2D eigenvalue weighted by Gasteiger charge is 2.01. The summed E-state index contributed by atoms with van der Waals surface area (Å²) in [4.78, 5) is 10.4. The van der Waals surface area contributed by atoms with Crippen LogP contribution in [0.25, 0.3) is 0 Å². The molecule has 1 unspecified atom stereocenters. The Morgan fingerprint density at radius 2 is 2.56 bits per heavy atom. The maximum atomic E-state index is 10.4. The summed E-state index contributed by atoms with van der Waals surface area (Å²) in [7, 11) is 0. The summed E-state index contributed by atoms with van der Waals surface area (Å²) in [5.41, 5.74) is 5.19. The Bertz CT molecular complexity index is 112. The number of rotatable bonds is 3. The van der Waals surface area contributed by atoms with Crippen molar-refractivity contribution in [1.29, 1.82) is 0 Å². The molecule has 3 nitrogen and oxygen atoms in total. The minimum atomic E-state index is -0.655. The van der Waals surface area contributed by atoms with Crippen LogP contribution < -0.4 is 5.73 Å². The molecule has 0 heterocycles. The number of hydrogen-bond donors (Lipinski definition) is 1. The van der Waals surface area contributed by atoms with Crippen LogP contribution in [-0.4, -0.2) is 12.2 Å². The molecule has 0 rings (SSSR count). The van der Waals surface area contributed by atoms with Crippen LogP contribution in [0.5, 0.6) is 0 Å². The van der Waals surface area contributed by atoms with Gasteiger partial charge in [0.1, 0.15) is 0 Å². The van der Waals surface area contributed by atoms with Crippen LogP contribution in [0.15, 0.2) is 12.7 Å². The minimum Gasteiger partial charge on any atom is -0.443 e. The predicted molar refractivity (Wildman–Crippen MR) is 34.6 cm³/mol. The third-order valence-corrected chi connectivity index (χ3v) is 0.789. The summed E-state index contributed by atoms with van der Waals surface area (Å²) in [6.45, 7) is 5.05. The van der Waals surface area contributed by atoms with E-state index < -0.39 is 6.23 Å². The van der Waals surface area contributed by atoms with E-state index in [0.29, 0.717) is 6.42 Å². The standard InChI is InChI=1S/C6H11NO2/c1-3-5(7)9-6(8)4-2/h3,5H,1,4,7H2,2H3. The van der Waals surface area contributed by atoms with E-state index >= 15 is 0 Å². The van der Waals surface area contributed by atoms with Gasteiger partial charge in [-0.2, -0.15) is 0 Å². The fourth-order valence-corrected chi connectivity index (χ4v) is 0.283. The Morgan fingerprint density at radius 3 is 2.89 bits per heavy atom. The van der Waals surface area contributed by atoms with Gasteiger partial charge in [0.25, 0.3) is 0 Å². The number of carbonyl (C=O) groups excluding carboxylic acids is 1. The van der Waals surface area contributed by atoms with E-state index in [-0.39, 0.29) is 5.97 Å². The van der Waals surface area contributed by atoms with E-state index in [9.17, 15) is 4.79 Å². The Morgan fingerprint density at radius 1 is 2.00 bits per heavy atom. The lowest BCUT2D eigenvalue weighted by molar-refractivity contribution is -0.146. The van der Waals surface area contributed by atoms with E-state index in [2.05, 4.69) is 11.3 Å². The molecule has 0 fully saturated rings. The van der Waals surface area contributed by atoms with Crippen LogP contribution in [0.4, 0.5) is 0 Å². The molecule has 52 valence electrons. The van der Waals surface area contributed by atoms with Crippen molar-refractivity contribution in [3.63, 3.8) is 0 Å². The number of nitrogens with two attached hydrogens (primary N) is 1. The van der Waals surface area contributed by atoms with Crippen molar-refractivity contribution in [2.24, 2.45) is 5.73 Å². The molecule has 0 saturated heterocycles. The van der Waals surface area contributed by atoms with Crippen LogP contribution in [-0.2, 0) is 9.53 Å². The molecule has 9 heavy (non-hydrogen) atoms. The van der Waals surface area contributed by atoms with Crippen molar-refractivity contribution in [3.05, 3.63) is 12.7 Å². The van der Waals surface area contributed by atoms with Crippen molar-refractivity contribution in [2.45, 2.75) is 19.6 Å². The fourth-order valence-electron chi connectivity index (χ4n) is 0.283. The van der Waals surface area contributed by atoms with Crippen LogP contribution in [0, 0.1) is 0 Å². The van der Waals surface area contributed by atoms with Crippen molar-refractivity contribution in [2.75, 3.05) is 0 Å². The SMILES string of the molecule is C=CC(N)OC(=O)CC. The summed E-state index contributed by atoms with van der Waals surface area (Å²) in [6.07, 6.45) is 1.06. The molecule has 2 N–H and O–H groups in total. The topological polar surface area (TPSA) is 52.3 Å². The van der Waals surface area contributed by atoms with Gasteiger partial charge in [0, 0.05) is 6.42 Å². The van der Waals surface area contributed by atoms with Gasteiger partial charge in [0.15, 0.2) is 6.23 Å². The Kier molecular flexibility index (Phi) is 3.71. The third-order valence-electron chi connectivity index (χ3n) is 0.789. The summed E-state index contributed by atoms with van der Waals surface area (Å²) < 4.78 is 4.57. The number of hydrogen-bond acceptors (Lipinski definition) is 3. The highest BCUT2D eigenvalue weighted by atomic mass is 16.6. The van der Waals surface area contributed by atoms with E-state index in [1.54, 1.807) is 6.92 Å². The summed E-state index contributed by atoms with van der Waals surface area (Å²) in [5.74, 6) is -0.303. The van der Waals surface area contributed by atoms with E-state index in [1.807, 2.05) is 0 Å². The molecule has 0 radical (unpaired) electrons. The molecule has 3 heteroatoms. The van der Waals surface area contributed by atoms with Crippen LogP contribution in [0.1, 0.15) is 13.3 Å². The highest BCUT2D eigenvalue weighted by molar-refractivity contribution is 5.69. The molecule has 0 aromatic carbocycles. The summed E-state index contributed by atoms with van der Waals surface area (Å²) in [5, 5.41) is 0. The van der Waals surface area contributed by atoms with Gasteiger partial charge >= 0.3 is 5.97 Å². The lowest BCUT2D eigenvalue weighted by Gasteiger charge is -2.05. The molecule has 0 bridgehead atoms. The van der Waals surface area contributed by atoms with Crippen LogP contribution in [0.3, 0.4) is 0 Å². The van der Waals surface area contributed by atoms with Gasteiger partial charge < -0.3 is 4.74 Å². The lowest BCUT2D eigenvalue weighted by atomic mass is 10.5. The van der Waals surface area contributed by atoms with Gasteiger partial charge in [-0.1, -0.05) is 13.5 Å². The van der Waals surface area contributed by atoms with Gasteiger partial charge in [0.05, 0.1) is 0 Å². The van der Waals surface area contributed by atoms with Crippen molar-refractivity contribution >= 4 is 5.97 Å². The molecule has 0 aromatic heterocycles. The number of esters is 1. The second-order valence-corrected chi connectivity index (χ2v) is 1.54. The normalized spacial score (nSPS) is 12.2. The first-order valence-electron chi connectivity index (χ1n) is 2.78. The minimum absolute atomic E-state index is 0.303. The third kappa shape index (κ3) is 3.73. The summed E-state index contributed by atoms with van der Waals surface area (Å²) >= 11 is 0. The molecule has 0 spiro atoms. The molecule has 0 aliphatic carbocycles. The van der Waals surface area contributed by atoms with E-state index in [0.717, 1.165) is 0 Å². The van der Waals surface area contributed by atoms with Crippen LogP contribution in [0.2, 0.25) is 0 Å². The zero-order valence-corrected chi connectivity index (χ0v) is 5.46. The molecular weight excluding hydrogens is 118 g/mol. The zero-order chi connectivity index (χ0) is 7.28. The molecule has 0 aliphatic heterocycles. The monoisotopic (exact) mass is 129 g/mol. The van der Waals surface area contributed by atoms with Gasteiger partial charge in [-0.3, -0.25) is 10.5 Å². The maximum Gasteiger partial charge on any atom is 0.307 e. The average Bonchev–Trinajstić information content (AvgIpc) is 1.87. The van der Waals surface area contributed by atoms with Gasteiger partial charge in [0.2, 0.25) is 0 Å². The van der Waals surface area contributed by atoms with E-state index in [4.69, 9.17) is 5.73 Å². The second kappa shape index (κ2) is 4.09. The average molecular weight is 129 g/mol. The molecule has 0 saturated carbocycles. The van der Waals surface area contributed by atoms with Crippen LogP contribution >= 0.6 is 0 Å². The first kappa shape index (κ1) is 8.17. The quantitative estimate of drug-likeness (QED) is 0.341. The molecule has 0 aromatic rings. The van der Waals surface area contributed by atoms with Crippen molar-refractivity contribution in [1.82, 2.24) is 0 Å². The first-order chi connectivity index (χ1) is 4.20. The lowest BCUT2D eigenvalue weighted by Crippen LogP contribution is -2.23. The Balaban J connectivity index is 3.46. The summed E-state index contributed by atoms with van der Waals surface area (Å²) in [6, 6.07) is 0. The fraction of sp³-hybridized carbons (Fsp3) is 0.500. The Labute approximate surface area is 54.5 Å². The second-order valence-electron chi connectivity index (χ2n) is 1.54. The van der Waals surface area contributed by atoms with Crippen molar-refractivity contribution in [3.8, 4) is 0 Å². The zero-order valence-electron chi connectivity index (χ0n) is 5.46. The largest absolute Gasteiger partial charge is 0.443 e. The maximum absolute atomic E-state index is 10.4. The van der Waals surface area contributed by atoms with Gasteiger partial charge in [-0.05, 0) is 6.08 Å². The van der Waals surface area contributed by atoms with Gasteiger partial charge in [-0.15, -0.1) is 0 Å². The van der Waals surface area contributed by atoms with Crippen molar-refractivity contribution < 1.29 is 9.53 Å². The van der Waals surface area contributed by atoms with Gasteiger partial charge in [-0.25, -0.2) is 0 Å². The van der Waals surface area contributed by atoms with E-state index in [1.165, 1.54) is 6.08 Å². The smallest absolute Gasteiger partial charge is 0.307 e. The Hall–Kier alpha value is -0.830. The number of ether oxygens (including phenoxy) is 1. The number of carbonyl (C=O) groups is 1. The molecule has 1 atom stereocenters. The predicted octanol–water partition coefficient (Wildman–Crippen LogP) is 0.410. The molecule has 0 amide bonds. The molecule has 0 aliphatic rings. The highest BCUT2D eigenvalue weighted by Crippen LogP contribution is 1.88.